The SMILES string of the molecule is CC(C)(C)c1cc(SCc2nc(-c3ccccc3)no2)cc(C(C)(C)C)c1O. The largest absolute Gasteiger partial charge is 0.507 e. The van der Waals surface area contributed by atoms with Gasteiger partial charge in [0.15, 0.2) is 0 Å². The fourth-order valence-corrected chi connectivity index (χ4v) is 3.81. The molecule has 0 amide bonds. The molecule has 0 spiro atoms. The lowest BCUT2D eigenvalue weighted by Crippen LogP contribution is -2.17. The van der Waals surface area contributed by atoms with Crippen molar-refractivity contribution in [3.8, 4) is 17.1 Å². The van der Waals surface area contributed by atoms with E-state index < -0.39 is 0 Å². The summed E-state index contributed by atoms with van der Waals surface area (Å²) in [5.74, 6) is 2.17. The Kier molecular flexibility index (Phi) is 5.57. The molecule has 0 saturated carbocycles. The molecule has 1 heterocycles. The van der Waals surface area contributed by atoms with Crippen molar-refractivity contribution in [2.45, 2.75) is 63.0 Å². The van der Waals surface area contributed by atoms with Crippen molar-refractivity contribution in [3.63, 3.8) is 0 Å². The van der Waals surface area contributed by atoms with Crippen molar-refractivity contribution < 1.29 is 9.63 Å². The van der Waals surface area contributed by atoms with Crippen LogP contribution in [0.2, 0.25) is 0 Å². The first-order valence-electron chi connectivity index (χ1n) is 9.44. The molecule has 4 nitrogen and oxygen atoms in total. The van der Waals surface area contributed by atoms with Crippen LogP contribution in [0.15, 0.2) is 51.9 Å². The Morgan fingerprint density at radius 1 is 0.929 bits per heavy atom. The summed E-state index contributed by atoms with van der Waals surface area (Å²) in [5.41, 5.74) is 2.56. The standard InChI is InChI=1S/C23H28N2O2S/c1-22(2,3)17-12-16(13-18(20(17)26)23(4,5)6)28-14-19-24-21(25-27-19)15-10-8-7-9-11-15/h7-13,26H,14H2,1-6H3. The number of hydrogen-bond donors (Lipinski definition) is 1. The van der Waals surface area contributed by atoms with Crippen molar-refractivity contribution in [3.05, 3.63) is 59.5 Å². The van der Waals surface area contributed by atoms with Crippen LogP contribution < -0.4 is 0 Å². The van der Waals surface area contributed by atoms with Gasteiger partial charge in [-0.25, -0.2) is 0 Å². The molecule has 1 aromatic heterocycles. The Balaban J connectivity index is 1.86. The fraction of sp³-hybridized carbons (Fsp3) is 0.391. The Morgan fingerprint density at radius 3 is 2.04 bits per heavy atom. The van der Waals surface area contributed by atoms with Gasteiger partial charge in [0.1, 0.15) is 5.75 Å². The van der Waals surface area contributed by atoms with Crippen molar-refractivity contribution in [2.75, 3.05) is 0 Å². The highest BCUT2D eigenvalue weighted by Gasteiger charge is 2.26. The fourth-order valence-electron chi connectivity index (χ4n) is 3.00. The highest BCUT2D eigenvalue weighted by Crippen LogP contribution is 2.42. The van der Waals surface area contributed by atoms with Crippen molar-refractivity contribution in [1.29, 1.82) is 0 Å². The minimum atomic E-state index is -0.147. The molecule has 0 bridgehead atoms. The first-order chi connectivity index (χ1) is 13.1. The quantitative estimate of drug-likeness (QED) is 0.522. The summed E-state index contributed by atoms with van der Waals surface area (Å²) in [6, 6.07) is 14.0. The number of aromatic hydroxyl groups is 1. The molecular formula is C23H28N2O2S. The molecule has 0 aliphatic rings. The molecule has 0 saturated heterocycles. The van der Waals surface area contributed by atoms with Gasteiger partial charge in [-0.1, -0.05) is 77.0 Å². The van der Waals surface area contributed by atoms with Crippen LogP contribution in [-0.4, -0.2) is 15.2 Å². The lowest BCUT2D eigenvalue weighted by atomic mass is 9.79. The topological polar surface area (TPSA) is 59.2 Å². The van der Waals surface area contributed by atoms with Crippen LogP contribution in [-0.2, 0) is 16.6 Å². The van der Waals surface area contributed by atoms with E-state index in [1.807, 2.05) is 30.3 Å². The molecule has 148 valence electrons. The highest BCUT2D eigenvalue weighted by atomic mass is 32.2. The molecule has 0 atom stereocenters. The van der Waals surface area contributed by atoms with Gasteiger partial charge in [0.05, 0.1) is 5.75 Å². The number of phenols is 1. The van der Waals surface area contributed by atoms with E-state index in [0.717, 1.165) is 21.6 Å². The molecule has 0 aliphatic heterocycles. The zero-order valence-electron chi connectivity index (χ0n) is 17.4. The number of nitrogens with zero attached hydrogens (tertiary/aromatic N) is 2. The van der Waals surface area contributed by atoms with E-state index in [2.05, 4.69) is 63.8 Å². The average Bonchev–Trinajstić information content (AvgIpc) is 3.08. The van der Waals surface area contributed by atoms with Gasteiger partial charge in [-0.05, 0) is 23.0 Å². The first kappa shape index (κ1) is 20.5. The third-order valence-corrected chi connectivity index (χ3v) is 5.52. The third kappa shape index (κ3) is 4.58. The van der Waals surface area contributed by atoms with Gasteiger partial charge in [0.25, 0.3) is 0 Å². The normalized spacial score (nSPS) is 12.4. The average molecular weight is 397 g/mol. The number of thioether (sulfide) groups is 1. The van der Waals surface area contributed by atoms with E-state index in [-0.39, 0.29) is 10.8 Å². The van der Waals surface area contributed by atoms with Crippen LogP contribution in [0.25, 0.3) is 11.4 Å². The van der Waals surface area contributed by atoms with Crippen LogP contribution in [0.1, 0.15) is 58.6 Å². The zero-order chi connectivity index (χ0) is 20.5. The molecule has 0 radical (unpaired) electrons. The van der Waals surface area contributed by atoms with Crippen molar-refractivity contribution >= 4 is 11.8 Å². The summed E-state index contributed by atoms with van der Waals surface area (Å²) >= 11 is 1.64. The van der Waals surface area contributed by atoms with Gasteiger partial charge in [-0.2, -0.15) is 4.98 Å². The monoisotopic (exact) mass is 396 g/mol. The van der Waals surface area contributed by atoms with Gasteiger partial charge in [-0.3, -0.25) is 0 Å². The maximum Gasteiger partial charge on any atom is 0.237 e. The number of aromatic nitrogens is 2. The van der Waals surface area contributed by atoms with Gasteiger partial charge >= 0.3 is 0 Å². The number of rotatable bonds is 4. The summed E-state index contributed by atoms with van der Waals surface area (Å²) in [6.45, 7) is 12.7. The van der Waals surface area contributed by atoms with Crippen LogP contribution >= 0.6 is 11.8 Å². The maximum absolute atomic E-state index is 10.8. The van der Waals surface area contributed by atoms with Gasteiger partial charge < -0.3 is 9.63 Å². The second-order valence-electron chi connectivity index (χ2n) is 9.03. The molecule has 3 aromatic rings. The minimum absolute atomic E-state index is 0.147. The predicted molar refractivity (Wildman–Crippen MR) is 115 cm³/mol. The molecule has 1 N–H and O–H groups in total. The number of benzene rings is 2. The lowest BCUT2D eigenvalue weighted by Gasteiger charge is -2.28. The summed E-state index contributed by atoms with van der Waals surface area (Å²) in [4.78, 5) is 5.60. The lowest BCUT2D eigenvalue weighted by molar-refractivity contribution is 0.391. The molecule has 0 fully saturated rings. The zero-order valence-corrected chi connectivity index (χ0v) is 18.2. The van der Waals surface area contributed by atoms with E-state index in [4.69, 9.17) is 4.52 Å². The van der Waals surface area contributed by atoms with Gasteiger partial charge in [0, 0.05) is 21.6 Å². The number of hydrogen-bond acceptors (Lipinski definition) is 5. The van der Waals surface area contributed by atoms with E-state index in [9.17, 15) is 5.11 Å². The van der Waals surface area contributed by atoms with Gasteiger partial charge in [0.2, 0.25) is 11.7 Å². The Labute approximate surface area is 171 Å². The number of phenolic OH excluding ortho intramolecular Hbond substituents is 1. The summed E-state index contributed by atoms with van der Waals surface area (Å²) in [7, 11) is 0. The van der Waals surface area contributed by atoms with E-state index in [1.165, 1.54) is 0 Å². The first-order valence-corrected chi connectivity index (χ1v) is 10.4. The second-order valence-corrected chi connectivity index (χ2v) is 10.1. The minimum Gasteiger partial charge on any atom is -0.507 e. The van der Waals surface area contributed by atoms with Crippen molar-refractivity contribution in [2.24, 2.45) is 0 Å². The highest BCUT2D eigenvalue weighted by molar-refractivity contribution is 7.98. The maximum atomic E-state index is 10.8. The Hall–Kier alpha value is -2.27. The summed E-state index contributed by atoms with van der Waals surface area (Å²) in [5, 5.41) is 14.9. The van der Waals surface area contributed by atoms with Gasteiger partial charge in [-0.15, -0.1) is 11.8 Å². The Bertz CT molecular complexity index is 916. The third-order valence-electron chi connectivity index (χ3n) is 4.56. The second kappa shape index (κ2) is 7.63. The van der Waals surface area contributed by atoms with E-state index in [1.54, 1.807) is 11.8 Å². The molecular weight excluding hydrogens is 368 g/mol. The molecule has 3 rings (SSSR count). The van der Waals surface area contributed by atoms with E-state index in [0.29, 0.717) is 23.2 Å². The van der Waals surface area contributed by atoms with Crippen LogP contribution in [0, 0.1) is 0 Å². The molecule has 0 unspecified atom stereocenters. The molecule has 2 aromatic carbocycles. The molecule has 5 heteroatoms. The van der Waals surface area contributed by atoms with Crippen LogP contribution in [0.4, 0.5) is 0 Å². The van der Waals surface area contributed by atoms with Crippen molar-refractivity contribution in [1.82, 2.24) is 10.1 Å². The predicted octanol–water partition coefficient (Wildman–Crippen LogP) is 6.33. The summed E-state index contributed by atoms with van der Waals surface area (Å²) in [6.07, 6.45) is 0. The smallest absolute Gasteiger partial charge is 0.237 e. The molecule has 28 heavy (non-hydrogen) atoms. The Morgan fingerprint density at radius 2 is 1.50 bits per heavy atom. The van der Waals surface area contributed by atoms with Crippen LogP contribution in [0.3, 0.4) is 0 Å². The van der Waals surface area contributed by atoms with E-state index >= 15 is 0 Å². The van der Waals surface area contributed by atoms with Crippen LogP contribution in [0.5, 0.6) is 5.75 Å². The molecule has 0 aliphatic carbocycles. The summed E-state index contributed by atoms with van der Waals surface area (Å²) < 4.78 is 5.43.